The van der Waals surface area contributed by atoms with Crippen molar-refractivity contribution >= 4 is 5.82 Å². The molecular formula is C12H16N4. The molecule has 0 aliphatic heterocycles. The molecular weight excluding hydrogens is 200 g/mol. The molecule has 0 saturated heterocycles. The Morgan fingerprint density at radius 3 is 2.88 bits per heavy atom. The maximum Gasteiger partial charge on any atom is 0.124 e. The molecule has 0 aromatic carbocycles. The van der Waals surface area contributed by atoms with Crippen LogP contribution in [0.2, 0.25) is 0 Å². The molecule has 0 saturated carbocycles. The molecule has 0 aliphatic carbocycles. The molecule has 0 amide bonds. The van der Waals surface area contributed by atoms with Crippen LogP contribution in [0.3, 0.4) is 0 Å². The summed E-state index contributed by atoms with van der Waals surface area (Å²) in [6, 6.07) is 5.65. The van der Waals surface area contributed by atoms with Crippen LogP contribution in [0.25, 0.3) is 11.3 Å². The molecule has 0 aliphatic rings. The quantitative estimate of drug-likeness (QED) is 0.856. The number of aromatic nitrogens is 3. The van der Waals surface area contributed by atoms with Gasteiger partial charge in [-0.3, -0.25) is 4.68 Å². The van der Waals surface area contributed by atoms with Gasteiger partial charge >= 0.3 is 0 Å². The second-order valence-corrected chi connectivity index (χ2v) is 3.81. The molecule has 0 bridgehead atoms. The number of aryl methyl sites for hydroxylation is 1. The predicted molar refractivity (Wildman–Crippen MR) is 64.9 cm³/mol. The summed E-state index contributed by atoms with van der Waals surface area (Å²) in [4.78, 5) is 4.30. The lowest BCUT2D eigenvalue weighted by molar-refractivity contribution is 0.587. The Kier molecular flexibility index (Phi) is 2.90. The molecule has 0 unspecified atom stereocenters. The van der Waals surface area contributed by atoms with Crippen LogP contribution in [0.15, 0.2) is 24.4 Å². The molecule has 2 aromatic rings. The van der Waals surface area contributed by atoms with Gasteiger partial charge in [-0.1, -0.05) is 13.0 Å². The Hall–Kier alpha value is -1.84. The third kappa shape index (κ3) is 1.91. The minimum absolute atomic E-state index is 0.542. The van der Waals surface area contributed by atoms with E-state index in [9.17, 15) is 0 Å². The summed E-state index contributed by atoms with van der Waals surface area (Å²) >= 11 is 0. The van der Waals surface area contributed by atoms with E-state index >= 15 is 0 Å². The maximum atomic E-state index is 5.67. The average molecular weight is 216 g/mol. The van der Waals surface area contributed by atoms with Crippen LogP contribution >= 0.6 is 0 Å². The maximum absolute atomic E-state index is 5.67. The molecule has 0 fully saturated rings. The lowest BCUT2D eigenvalue weighted by Crippen LogP contribution is -2.01. The molecule has 84 valence electrons. The molecule has 16 heavy (non-hydrogen) atoms. The summed E-state index contributed by atoms with van der Waals surface area (Å²) in [5, 5.41) is 4.35. The Bertz CT molecular complexity index is 488. The van der Waals surface area contributed by atoms with Crippen molar-refractivity contribution in [2.24, 2.45) is 0 Å². The van der Waals surface area contributed by atoms with Crippen LogP contribution in [0.5, 0.6) is 0 Å². The number of nitrogens with zero attached hydrogens (tertiary/aromatic N) is 3. The van der Waals surface area contributed by atoms with Crippen LogP contribution in [-0.4, -0.2) is 14.8 Å². The predicted octanol–water partition coefficient (Wildman–Crippen LogP) is 2.25. The van der Waals surface area contributed by atoms with E-state index < -0.39 is 0 Å². The monoisotopic (exact) mass is 216 g/mol. The molecule has 0 spiro atoms. The number of pyridine rings is 1. The van der Waals surface area contributed by atoms with E-state index in [-0.39, 0.29) is 0 Å². The van der Waals surface area contributed by atoms with Crippen LogP contribution in [0, 0.1) is 6.92 Å². The van der Waals surface area contributed by atoms with Gasteiger partial charge < -0.3 is 5.73 Å². The summed E-state index contributed by atoms with van der Waals surface area (Å²) in [5.74, 6) is 0.542. The summed E-state index contributed by atoms with van der Waals surface area (Å²) < 4.78 is 2.00. The van der Waals surface area contributed by atoms with Gasteiger partial charge in [0.25, 0.3) is 0 Å². The summed E-state index contributed by atoms with van der Waals surface area (Å²) in [6.07, 6.45) is 2.93. The highest BCUT2D eigenvalue weighted by molar-refractivity contribution is 5.62. The van der Waals surface area contributed by atoms with Gasteiger partial charge in [0.1, 0.15) is 5.82 Å². The van der Waals surface area contributed by atoms with E-state index in [0.717, 1.165) is 29.9 Å². The lowest BCUT2D eigenvalue weighted by atomic mass is 10.2. The highest BCUT2D eigenvalue weighted by Gasteiger charge is 2.08. The first kappa shape index (κ1) is 10.7. The third-order valence-electron chi connectivity index (χ3n) is 2.59. The topological polar surface area (TPSA) is 56.7 Å². The molecule has 4 heteroatoms. The van der Waals surface area contributed by atoms with Gasteiger partial charge in [0.05, 0.1) is 11.9 Å². The third-order valence-corrected chi connectivity index (χ3v) is 2.59. The first-order valence-corrected chi connectivity index (χ1v) is 5.47. The molecule has 0 radical (unpaired) electrons. The van der Waals surface area contributed by atoms with Gasteiger partial charge in [-0.15, -0.1) is 0 Å². The minimum atomic E-state index is 0.542. The zero-order chi connectivity index (χ0) is 11.5. The van der Waals surface area contributed by atoms with E-state index in [0.29, 0.717) is 5.82 Å². The number of hydrogen-bond acceptors (Lipinski definition) is 3. The summed E-state index contributed by atoms with van der Waals surface area (Å²) in [7, 11) is 0. The Labute approximate surface area is 95.1 Å². The lowest BCUT2D eigenvalue weighted by Gasteiger charge is -2.03. The van der Waals surface area contributed by atoms with Crippen LogP contribution < -0.4 is 5.73 Å². The number of nitrogens with two attached hydrogens (primary N) is 1. The second kappa shape index (κ2) is 4.35. The Morgan fingerprint density at radius 1 is 1.38 bits per heavy atom. The van der Waals surface area contributed by atoms with Crippen molar-refractivity contribution in [2.45, 2.75) is 26.8 Å². The normalized spacial score (nSPS) is 10.6. The van der Waals surface area contributed by atoms with Crippen molar-refractivity contribution in [1.29, 1.82) is 0 Å². The van der Waals surface area contributed by atoms with Crippen molar-refractivity contribution < 1.29 is 0 Å². The van der Waals surface area contributed by atoms with E-state index in [1.54, 1.807) is 6.07 Å². The zero-order valence-corrected chi connectivity index (χ0v) is 9.64. The molecule has 2 rings (SSSR count). The van der Waals surface area contributed by atoms with Gasteiger partial charge in [0.2, 0.25) is 0 Å². The average Bonchev–Trinajstić information content (AvgIpc) is 2.61. The van der Waals surface area contributed by atoms with Crippen molar-refractivity contribution in [3.63, 3.8) is 0 Å². The SMILES string of the molecule is CCCn1ncc(-c2cccc(N)n2)c1C. The second-order valence-electron chi connectivity index (χ2n) is 3.81. The zero-order valence-electron chi connectivity index (χ0n) is 9.64. The van der Waals surface area contributed by atoms with Gasteiger partial charge in [-0.2, -0.15) is 5.10 Å². The van der Waals surface area contributed by atoms with Crippen molar-refractivity contribution in [2.75, 3.05) is 5.73 Å². The van der Waals surface area contributed by atoms with Crippen molar-refractivity contribution in [1.82, 2.24) is 14.8 Å². The van der Waals surface area contributed by atoms with Gasteiger partial charge in [-0.05, 0) is 25.5 Å². The molecule has 2 aromatic heterocycles. The van der Waals surface area contributed by atoms with Gasteiger partial charge in [0.15, 0.2) is 0 Å². The highest BCUT2D eigenvalue weighted by Crippen LogP contribution is 2.21. The number of anilines is 1. The van der Waals surface area contributed by atoms with Gasteiger partial charge in [-0.25, -0.2) is 4.98 Å². The summed E-state index contributed by atoms with van der Waals surface area (Å²) in [6.45, 7) is 5.14. The number of nitrogen functional groups attached to an aromatic ring is 1. The van der Waals surface area contributed by atoms with Crippen molar-refractivity contribution in [3.05, 3.63) is 30.1 Å². The first-order chi connectivity index (χ1) is 7.72. The minimum Gasteiger partial charge on any atom is -0.384 e. The van der Waals surface area contributed by atoms with Crippen molar-refractivity contribution in [3.8, 4) is 11.3 Å². The fourth-order valence-corrected chi connectivity index (χ4v) is 1.74. The Morgan fingerprint density at radius 2 is 2.19 bits per heavy atom. The molecule has 2 N–H and O–H groups in total. The van der Waals surface area contributed by atoms with Crippen LogP contribution in [0.1, 0.15) is 19.0 Å². The van der Waals surface area contributed by atoms with E-state index in [1.165, 1.54) is 0 Å². The van der Waals surface area contributed by atoms with E-state index in [1.807, 2.05) is 23.0 Å². The van der Waals surface area contributed by atoms with Crippen LogP contribution in [0.4, 0.5) is 5.82 Å². The molecule has 2 heterocycles. The largest absolute Gasteiger partial charge is 0.384 e. The smallest absolute Gasteiger partial charge is 0.124 e. The van der Waals surface area contributed by atoms with E-state index in [2.05, 4.69) is 23.9 Å². The summed E-state index contributed by atoms with van der Waals surface area (Å²) in [5.41, 5.74) is 8.76. The number of hydrogen-bond donors (Lipinski definition) is 1. The molecule has 4 nitrogen and oxygen atoms in total. The van der Waals surface area contributed by atoms with Crippen LogP contribution in [-0.2, 0) is 6.54 Å². The number of rotatable bonds is 3. The first-order valence-electron chi connectivity index (χ1n) is 5.47. The Balaban J connectivity index is 2.41. The highest BCUT2D eigenvalue weighted by atomic mass is 15.3. The molecule has 0 atom stereocenters. The van der Waals surface area contributed by atoms with E-state index in [4.69, 9.17) is 5.73 Å². The van der Waals surface area contributed by atoms with Gasteiger partial charge in [0, 0.05) is 17.8 Å². The fourth-order valence-electron chi connectivity index (χ4n) is 1.74. The standard InChI is InChI=1S/C12H16N4/c1-3-7-16-9(2)10(8-14-16)11-5-4-6-12(13)15-11/h4-6,8H,3,7H2,1-2H3,(H2,13,15). The fraction of sp³-hybridized carbons (Fsp3) is 0.333.